The van der Waals surface area contributed by atoms with E-state index in [4.69, 9.17) is 14.2 Å². The van der Waals surface area contributed by atoms with Crippen LogP contribution in [0.2, 0.25) is 0 Å². The van der Waals surface area contributed by atoms with Crippen molar-refractivity contribution < 1.29 is 23.8 Å². The van der Waals surface area contributed by atoms with Gasteiger partial charge in [0.25, 0.3) is 0 Å². The lowest BCUT2D eigenvalue weighted by Gasteiger charge is -2.27. The highest BCUT2D eigenvalue weighted by Crippen LogP contribution is 2.37. The van der Waals surface area contributed by atoms with Crippen molar-refractivity contribution in [2.45, 2.75) is 47.0 Å². The average Bonchev–Trinajstić information content (AvgIpc) is 3.08. The van der Waals surface area contributed by atoms with Crippen LogP contribution in [0, 0.1) is 33.6 Å². The molecule has 0 bridgehead atoms. The molecule has 0 aliphatic carbocycles. The third kappa shape index (κ3) is 9.94. The van der Waals surface area contributed by atoms with Crippen molar-refractivity contribution >= 4 is 29.0 Å². The van der Waals surface area contributed by atoms with Gasteiger partial charge in [-0.05, 0) is 135 Å². The highest BCUT2D eigenvalue weighted by atomic mass is 16.5. The van der Waals surface area contributed by atoms with Crippen LogP contribution >= 0.6 is 0 Å². The summed E-state index contributed by atoms with van der Waals surface area (Å²) in [4.78, 5) is 25.2. The Hall–Kier alpha value is -5.10. The van der Waals surface area contributed by atoms with Gasteiger partial charge < -0.3 is 19.1 Å². The van der Waals surface area contributed by atoms with E-state index >= 15 is 0 Å². The lowest BCUT2D eigenvalue weighted by Crippen LogP contribution is -2.15. The highest BCUT2D eigenvalue weighted by molar-refractivity contribution is 5.81. The van der Waals surface area contributed by atoms with Crippen LogP contribution in [-0.4, -0.2) is 31.8 Å². The topological polar surface area (TPSA) is 65.1 Å². The van der Waals surface area contributed by atoms with Crippen LogP contribution in [0.25, 0.3) is 11.1 Å². The molecule has 0 spiro atoms. The van der Waals surface area contributed by atoms with Gasteiger partial charge in [-0.1, -0.05) is 49.6 Å². The van der Waals surface area contributed by atoms with E-state index < -0.39 is 11.9 Å². The summed E-state index contributed by atoms with van der Waals surface area (Å²) >= 11 is 0. The molecule has 0 N–H and O–H groups in total. The number of hydrogen-bond donors (Lipinski definition) is 0. The van der Waals surface area contributed by atoms with Gasteiger partial charge >= 0.3 is 11.9 Å². The fourth-order valence-electron chi connectivity index (χ4n) is 5.27. The van der Waals surface area contributed by atoms with Gasteiger partial charge in [0.15, 0.2) is 0 Å². The van der Waals surface area contributed by atoms with Gasteiger partial charge in [-0.15, -0.1) is 0 Å². The number of anilines is 3. The molecule has 0 aliphatic rings. The molecule has 4 aromatic carbocycles. The maximum absolute atomic E-state index is 11.4. The molecule has 0 heterocycles. The van der Waals surface area contributed by atoms with Crippen LogP contribution in [0.15, 0.2) is 110 Å². The number of carbonyl (C=O) groups is 2. The quantitative estimate of drug-likeness (QED) is 0.0906. The Morgan fingerprint density at radius 1 is 0.596 bits per heavy atom. The lowest BCUT2D eigenvalue weighted by molar-refractivity contribution is -0.138. The lowest BCUT2D eigenvalue weighted by atomic mass is 9.99. The SMILES string of the molecule is C=CC(=O)OCCC(CCOC(=O)C=C)CCOc1ccc(-c2ccc(N(c3ccc(C)c(C)c3)c3ccc(C)c(C)c3)cc2)cc1. The number of hydrogen-bond acceptors (Lipinski definition) is 6. The third-order valence-corrected chi connectivity index (χ3v) is 8.48. The van der Waals surface area contributed by atoms with Crippen molar-refractivity contribution in [2.24, 2.45) is 5.92 Å². The minimum absolute atomic E-state index is 0.148. The molecular weight excluding hydrogens is 586 g/mol. The van der Waals surface area contributed by atoms with Crippen LogP contribution in [0.4, 0.5) is 17.1 Å². The molecule has 4 aromatic rings. The smallest absolute Gasteiger partial charge is 0.330 e. The molecule has 4 rings (SSSR count). The van der Waals surface area contributed by atoms with Crippen molar-refractivity contribution in [1.82, 2.24) is 0 Å². The molecule has 0 aromatic heterocycles. The van der Waals surface area contributed by atoms with E-state index in [1.54, 1.807) is 0 Å². The third-order valence-electron chi connectivity index (χ3n) is 8.48. The van der Waals surface area contributed by atoms with Crippen molar-refractivity contribution in [3.8, 4) is 16.9 Å². The van der Waals surface area contributed by atoms with Gasteiger partial charge in [0.05, 0.1) is 19.8 Å². The Morgan fingerprint density at radius 3 is 1.47 bits per heavy atom. The molecule has 6 heteroatoms. The fourth-order valence-corrected chi connectivity index (χ4v) is 5.27. The first kappa shape index (κ1) is 34.8. The summed E-state index contributed by atoms with van der Waals surface area (Å²) in [5.41, 5.74) is 10.6. The van der Waals surface area contributed by atoms with E-state index in [1.165, 1.54) is 22.3 Å². The predicted molar refractivity (Wildman–Crippen MR) is 191 cm³/mol. The Labute approximate surface area is 279 Å². The summed E-state index contributed by atoms with van der Waals surface area (Å²) in [6.45, 7) is 16.5. The number of esters is 2. The zero-order chi connectivity index (χ0) is 33.8. The fraction of sp³-hybridized carbons (Fsp3) is 0.268. The van der Waals surface area contributed by atoms with Crippen molar-refractivity contribution in [3.63, 3.8) is 0 Å². The van der Waals surface area contributed by atoms with Crippen LogP contribution < -0.4 is 9.64 Å². The van der Waals surface area contributed by atoms with E-state index in [2.05, 4.69) is 119 Å². The number of carbonyl (C=O) groups excluding carboxylic acids is 2. The molecule has 0 atom stereocenters. The molecule has 47 heavy (non-hydrogen) atoms. The van der Waals surface area contributed by atoms with Crippen molar-refractivity contribution in [1.29, 1.82) is 0 Å². The first-order valence-electron chi connectivity index (χ1n) is 16.0. The molecule has 6 nitrogen and oxygen atoms in total. The number of aryl methyl sites for hydroxylation is 4. The van der Waals surface area contributed by atoms with Gasteiger partial charge in [-0.3, -0.25) is 0 Å². The second-order valence-corrected chi connectivity index (χ2v) is 11.8. The first-order valence-corrected chi connectivity index (χ1v) is 16.0. The zero-order valence-corrected chi connectivity index (χ0v) is 28.0. The van der Waals surface area contributed by atoms with Gasteiger partial charge in [0.1, 0.15) is 5.75 Å². The maximum atomic E-state index is 11.4. The highest BCUT2D eigenvalue weighted by Gasteiger charge is 2.15. The predicted octanol–water partition coefficient (Wildman–Crippen LogP) is 9.68. The minimum Gasteiger partial charge on any atom is -0.494 e. The van der Waals surface area contributed by atoms with E-state index in [1.807, 2.05) is 12.1 Å². The van der Waals surface area contributed by atoms with E-state index in [0.717, 1.165) is 52.5 Å². The second kappa shape index (κ2) is 17.0. The second-order valence-electron chi connectivity index (χ2n) is 11.8. The normalized spacial score (nSPS) is 10.7. The molecule has 0 aliphatic heterocycles. The van der Waals surface area contributed by atoms with Crippen LogP contribution in [0.5, 0.6) is 5.75 Å². The average molecular weight is 632 g/mol. The van der Waals surface area contributed by atoms with Crippen molar-refractivity contribution in [3.05, 3.63) is 132 Å². The van der Waals surface area contributed by atoms with Gasteiger partial charge in [0.2, 0.25) is 0 Å². The summed E-state index contributed by atoms with van der Waals surface area (Å²) in [5.74, 6) is 0.0202. The molecule has 0 saturated heterocycles. The molecule has 0 radical (unpaired) electrons. The maximum Gasteiger partial charge on any atom is 0.330 e. The summed E-state index contributed by atoms with van der Waals surface area (Å²) in [6, 6.07) is 30.0. The Kier molecular flexibility index (Phi) is 12.6. The van der Waals surface area contributed by atoms with Crippen LogP contribution in [0.1, 0.15) is 41.5 Å². The molecule has 0 unspecified atom stereocenters. The van der Waals surface area contributed by atoms with Crippen LogP contribution in [0.3, 0.4) is 0 Å². The monoisotopic (exact) mass is 631 g/mol. The minimum atomic E-state index is -0.451. The summed E-state index contributed by atoms with van der Waals surface area (Å²) in [5, 5.41) is 0. The van der Waals surface area contributed by atoms with Gasteiger partial charge in [-0.2, -0.15) is 0 Å². The van der Waals surface area contributed by atoms with E-state index in [0.29, 0.717) is 19.4 Å². The Balaban J connectivity index is 1.42. The van der Waals surface area contributed by atoms with Gasteiger partial charge in [0, 0.05) is 29.2 Å². The largest absolute Gasteiger partial charge is 0.494 e. The Bertz CT molecular complexity index is 1600. The van der Waals surface area contributed by atoms with Gasteiger partial charge in [-0.25, -0.2) is 9.59 Å². The van der Waals surface area contributed by atoms with Crippen LogP contribution in [-0.2, 0) is 19.1 Å². The summed E-state index contributed by atoms with van der Waals surface area (Å²) < 4.78 is 16.4. The summed E-state index contributed by atoms with van der Waals surface area (Å²) in [6.07, 6.45) is 4.28. The molecule has 0 amide bonds. The van der Waals surface area contributed by atoms with Crippen molar-refractivity contribution in [2.75, 3.05) is 24.7 Å². The number of nitrogens with zero attached hydrogens (tertiary/aromatic N) is 1. The molecular formula is C41H45NO5. The standard InChI is InChI=1S/C41H45NO5/c1-7-40(43)46-25-22-33(23-26-47-41(44)8-2)21-24-45-39-19-13-35(14-20-39)34-11-17-36(18-12-34)42(37-15-9-29(3)31(5)27-37)38-16-10-30(4)32(6)28-38/h7-20,27-28,33H,1-2,21-26H2,3-6H3. The number of rotatable bonds is 16. The van der Waals surface area contributed by atoms with E-state index in [-0.39, 0.29) is 19.1 Å². The zero-order valence-electron chi connectivity index (χ0n) is 28.0. The molecule has 0 saturated carbocycles. The Morgan fingerprint density at radius 2 is 1.02 bits per heavy atom. The molecule has 0 fully saturated rings. The number of benzene rings is 4. The number of ether oxygens (including phenoxy) is 3. The molecule has 244 valence electrons. The summed E-state index contributed by atoms with van der Waals surface area (Å²) in [7, 11) is 0. The first-order chi connectivity index (χ1) is 22.7. The van der Waals surface area contributed by atoms with E-state index in [9.17, 15) is 9.59 Å².